The van der Waals surface area contributed by atoms with Gasteiger partial charge >= 0.3 is 0 Å². The Bertz CT molecular complexity index is 1140. The zero-order valence-corrected chi connectivity index (χ0v) is 17.7. The van der Waals surface area contributed by atoms with E-state index in [-0.39, 0.29) is 30.3 Å². The Labute approximate surface area is 182 Å². The zero-order valence-electron chi connectivity index (χ0n) is 16.9. The smallest absolute Gasteiger partial charge is 0.269 e. The molecule has 0 aliphatic carbocycles. The second-order valence-electron chi connectivity index (χ2n) is 7.34. The van der Waals surface area contributed by atoms with Crippen molar-refractivity contribution in [3.8, 4) is 5.69 Å². The van der Waals surface area contributed by atoms with Gasteiger partial charge in [-0.3, -0.25) is 19.7 Å². The van der Waals surface area contributed by atoms with E-state index < -0.39 is 4.92 Å². The minimum absolute atomic E-state index is 0.0241. The van der Waals surface area contributed by atoms with Crippen molar-refractivity contribution in [2.24, 2.45) is 0 Å². The fourth-order valence-electron chi connectivity index (χ4n) is 3.55. The van der Waals surface area contributed by atoms with Gasteiger partial charge in [0, 0.05) is 49.0 Å². The molecule has 0 unspecified atom stereocenters. The molecule has 2 amide bonds. The quantitative estimate of drug-likeness (QED) is 0.467. The molecule has 10 heteroatoms. The highest BCUT2D eigenvalue weighted by atomic mass is 32.1. The van der Waals surface area contributed by atoms with Crippen LogP contribution in [0.3, 0.4) is 0 Å². The minimum Gasteiger partial charge on any atom is -0.338 e. The molecule has 0 saturated carbocycles. The fourth-order valence-corrected chi connectivity index (χ4v) is 4.44. The minimum atomic E-state index is -0.473. The van der Waals surface area contributed by atoms with Crippen molar-refractivity contribution in [3.05, 3.63) is 68.0 Å². The van der Waals surface area contributed by atoms with Crippen molar-refractivity contribution in [2.75, 3.05) is 11.9 Å². The molecular formula is C21H21N5O4S. The number of nitro groups is 1. The molecule has 1 N–H and O–H groups in total. The molecular weight excluding hydrogens is 418 g/mol. The number of rotatable bonds is 6. The van der Waals surface area contributed by atoms with E-state index in [9.17, 15) is 19.7 Å². The van der Waals surface area contributed by atoms with Gasteiger partial charge in [0.25, 0.3) is 5.69 Å². The molecule has 1 aromatic carbocycles. The maximum atomic E-state index is 12.5. The van der Waals surface area contributed by atoms with Crippen molar-refractivity contribution >= 4 is 34.7 Å². The number of fused-ring (bicyclic) bond motifs is 1. The topological polar surface area (TPSA) is 110 Å². The lowest BCUT2D eigenvalue weighted by Gasteiger charge is -2.27. The van der Waals surface area contributed by atoms with E-state index >= 15 is 0 Å². The number of amides is 2. The van der Waals surface area contributed by atoms with E-state index in [0.29, 0.717) is 30.3 Å². The van der Waals surface area contributed by atoms with E-state index in [1.807, 2.05) is 11.4 Å². The van der Waals surface area contributed by atoms with Crippen LogP contribution >= 0.6 is 11.3 Å². The first-order valence-electron chi connectivity index (χ1n) is 9.85. The van der Waals surface area contributed by atoms with E-state index in [4.69, 9.17) is 0 Å². The number of non-ortho nitro benzene ring substituents is 1. The summed E-state index contributed by atoms with van der Waals surface area (Å²) in [6.45, 7) is 3.07. The number of nitrogens with one attached hydrogen (secondary N) is 1. The van der Waals surface area contributed by atoms with Crippen LogP contribution < -0.4 is 5.32 Å². The number of nitrogens with zero attached hydrogens (tertiary/aromatic N) is 4. The molecule has 1 aliphatic rings. The molecule has 3 aromatic rings. The Hall–Kier alpha value is -3.53. The van der Waals surface area contributed by atoms with Gasteiger partial charge in [-0.1, -0.05) is 0 Å². The molecule has 3 heterocycles. The van der Waals surface area contributed by atoms with Gasteiger partial charge in [0.1, 0.15) is 5.82 Å². The van der Waals surface area contributed by atoms with Gasteiger partial charge in [-0.15, -0.1) is 11.3 Å². The predicted molar refractivity (Wildman–Crippen MR) is 116 cm³/mol. The monoisotopic (exact) mass is 439 g/mol. The number of benzene rings is 1. The molecule has 4 rings (SSSR count). The maximum Gasteiger partial charge on any atom is 0.269 e. The van der Waals surface area contributed by atoms with Gasteiger partial charge in [-0.05, 0) is 42.5 Å². The Kier molecular flexibility index (Phi) is 5.81. The van der Waals surface area contributed by atoms with Crippen molar-refractivity contribution < 1.29 is 14.5 Å². The third-order valence-corrected chi connectivity index (χ3v) is 6.15. The lowest BCUT2D eigenvalue weighted by atomic mass is 10.1. The lowest BCUT2D eigenvalue weighted by molar-refractivity contribution is -0.384. The number of aromatic nitrogens is 2. The van der Waals surface area contributed by atoms with Crippen LogP contribution in [0.4, 0.5) is 11.5 Å². The summed E-state index contributed by atoms with van der Waals surface area (Å²) in [5.74, 6) is 0.126. The highest BCUT2D eigenvalue weighted by molar-refractivity contribution is 7.10. The third-order valence-electron chi connectivity index (χ3n) is 5.13. The number of aryl methyl sites for hydroxylation is 1. The van der Waals surface area contributed by atoms with Crippen LogP contribution in [0.1, 0.15) is 29.0 Å². The molecule has 0 atom stereocenters. The first kappa shape index (κ1) is 20.7. The summed E-state index contributed by atoms with van der Waals surface area (Å²) in [5, 5.41) is 20.0. The van der Waals surface area contributed by atoms with Crippen molar-refractivity contribution in [3.63, 3.8) is 0 Å². The van der Waals surface area contributed by atoms with Gasteiger partial charge in [-0.25, -0.2) is 4.68 Å². The Morgan fingerprint density at radius 1 is 1.23 bits per heavy atom. The molecule has 0 bridgehead atoms. The number of nitro benzene ring substituents is 1. The van der Waals surface area contributed by atoms with Gasteiger partial charge < -0.3 is 10.2 Å². The zero-order chi connectivity index (χ0) is 22.0. The van der Waals surface area contributed by atoms with Gasteiger partial charge in [0.05, 0.1) is 16.3 Å². The second kappa shape index (κ2) is 8.68. The van der Waals surface area contributed by atoms with Gasteiger partial charge in [0.15, 0.2) is 0 Å². The van der Waals surface area contributed by atoms with Crippen LogP contribution in [-0.4, -0.2) is 38.0 Å². The normalized spacial score (nSPS) is 13.0. The highest BCUT2D eigenvalue weighted by Crippen LogP contribution is 2.25. The molecule has 160 valence electrons. The molecule has 0 saturated heterocycles. The van der Waals surface area contributed by atoms with E-state index in [2.05, 4.69) is 10.4 Å². The Morgan fingerprint density at radius 3 is 2.74 bits per heavy atom. The van der Waals surface area contributed by atoms with Crippen molar-refractivity contribution in [2.45, 2.75) is 32.7 Å². The first-order chi connectivity index (χ1) is 14.9. The van der Waals surface area contributed by atoms with Gasteiger partial charge in [0.2, 0.25) is 11.8 Å². The number of thiophene rings is 1. The fraction of sp³-hybridized carbons (Fsp3) is 0.286. The van der Waals surface area contributed by atoms with Crippen molar-refractivity contribution in [1.82, 2.24) is 14.7 Å². The van der Waals surface area contributed by atoms with Crippen molar-refractivity contribution in [1.29, 1.82) is 0 Å². The second-order valence-corrected chi connectivity index (χ2v) is 8.34. The average Bonchev–Trinajstić information content (AvgIpc) is 3.37. The summed E-state index contributed by atoms with van der Waals surface area (Å²) < 4.78 is 1.52. The molecule has 0 spiro atoms. The Balaban J connectivity index is 1.37. The van der Waals surface area contributed by atoms with Crippen LogP contribution in [0, 0.1) is 17.0 Å². The number of anilines is 1. The van der Waals surface area contributed by atoms with Crippen LogP contribution in [0.25, 0.3) is 5.69 Å². The third kappa shape index (κ3) is 4.64. The summed E-state index contributed by atoms with van der Waals surface area (Å²) in [6, 6.07) is 9.66. The van der Waals surface area contributed by atoms with E-state index in [1.165, 1.54) is 27.3 Å². The molecule has 2 aromatic heterocycles. The van der Waals surface area contributed by atoms with Gasteiger partial charge in [-0.2, -0.15) is 5.10 Å². The summed E-state index contributed by atoms with van der Waals surface area (Å²) >= 11 is 1.72. The summed E-state index contributed by atoms with van der Waals surface area (Å²) in [6.07, 6.45) is 1.06. The molecule has 1 aliphatic heterocycles. The average molecular weight is 439 g/mol. The number of hydrogen-bond donors (Lipinski definition) is 1. The molecule has 9 nitrogen and oxygen atoms in total. The number of carbonyl (C=O) groups is 2. The van der Waals surface area contributed by atoms with Crippen LogP contribution in [0.15, 0.2) is 41.8 Å². The molecule has 31 heavy (non-hydrogen) atoms. The summed E-state index contributed by atoms with van der Waals surface area (Å²) in [5.41, 5.74) is 2.44. The summed E-state index contributed by atoms with van der Waals surface area (Å²) in [7, 11) is 0. The van der Waals surface area contributed by atoms with Crippen LogP contribution in [-0.2, 0) is 22.6 Å². The standard InChI is InChI=1S/C21H21N5O4S/c1-14-12-19(25(23-14)16-2-4-17(5-3-16)26(29)30)22-20(27)6-7-21(28)24-10-8-18-15(13-24)9-11-31-18/h2-5,9,11-12H,6-8,10,13H2,1H3,(H,22,27). The predicted octanol–water partition coefficient (Wildman–Crippen LogP) is 3.45. The number of carbonyl (C=O) groups excluding carboxylic acids is 2. The summed E-state index contributed by atoms with van der Waals surface area (Å²) in [4.78, 5) is 38.5. The molecule has 0 fully saturated rings. The van der Waals surface area contributed by atoms with E-state index in [1.54, 1.807) is 41.4 Å². The Morgan fingerprint density at radius 2 is 2.00 bits per heavy atom. The largest absolute Gasteiger partial charge is 0.338 e. The van der Waals surface area contributed by atoms with Crippen LogP contribution in [0.2, 0.25) is 0 Å². The van der Waals surface area contributed by atoms with Crippen LogP contribution in [0.5, 0.6) is 0 Å². The number of hydrogen-bond acceptors (Lipinski definition) is 6. The lowest BCUT2D eigenvalue weighted by Crippen LogP contribution is -2.35. The highest BCUT2D eigenvalue weighted by Gasteiger charge is 2.22. The maximum absolute atomic E-state index is 12.5. The molecule has 0 radical (unpaired) electrons. The SMILES string of the molecule is Cc1cc(NC(=O)CCC(=O)N2CCc3sccc3C2)n(-c2ccc([N+](=O)[O-])cc2)n1. The first-order valence-corrected chi connectivity index (χ1v) is 10.7. The van der Waals surface area contributed by atoms with E-state index in [0.717, 1.165) is 6.42 Å².